The summed E-state index contributed by atoms with van der Waals surface area (Å²) < 4.78 is 1.15. The van der Waals surface area contributed by atoms with E-state index >= 15 is 0 Å². The molecule has 0 saturated heterocycles. The van der Waals surface area contributed by atoms with Crippen LogP contribution in [0.1, 0.15) is 4.88 Å². The molecule has 0 bridgehead atoms. The molecule has 0 aliphatic rings. The zero-order valence-corrected chi connectivity index (χ0v) is 12.6. The fourth-order valence-corrected chi connectivity index (χ4v) is 3.26. The van der Waals surface area contributed by atoms with Crippen molar-refractivity contribution >= 4 is 56.3 Å². The summed E-state index contributed by atoms with van der Waals surface area (Å²) in [7, 11) is 0. The van der Waals surface area contributed by atoms with E-state index in [1.54, 1.807) is 23.6 Å². The number of rotatable bonds is 4. The molecule has 0 amide bonds. The molecule has 0 aliphatic carbocycles. The molecule has 1 N–H and O–H groups in total. The van der Waals surface area contributed by atoms with Crippen molar-refractivity contribution < 1.29 is 0 Å². The van der Waals surface area contributed by atoms with Gasteiger partial charge in [0.05, 0.1) is 13.8 Å². The first-order valence-electron chi connectivity index (χ1n) is 4.94. The molecular formula is C11H9BrCl2N2S. The lowest BCUT2D eigenvalue weighted by Gasteiger charge is -2.06. The predicted molar refractivity (Wildman–Crippen MR) is 78.5 cm³/mol. The molecule has 2 nitrogen and oxygen atoms in total. The van der Waals surface area contributed by atoms with Crippen molar-refractivity contribution in [3.05, 3.63) is 43.1 Å². The first-order chi connectivity index (χ1) is 8.15. The standard InChI is InChI=1S/C11H9BrCl2N2S/c12-10-2-1-8(17-10)3-4-15-11-9(14)5-7(13)6-16-11/h1-2,5-6H,3-4H2,(H,15,16). The second kappa shape index (κ2) is 6.05. The highest BCUT2D eigenvalue weighted by molar-refractivity contribution is 9.11. The van der Waals surface area contributed by atoms with E-state index in [0.29, 0.717) is 15.9 Å². The van der Waals surface area contributed by atoms with Gasteiger partial charge >= 0.3 is 0 Å². The monoisotopic (exact) mass is 350 g/mol. The van der Waals surface area contributed by atoms with Crippen LogP contribution in [0.25, 0.3) is 0 Å². The third-order valence-corrected chi connectivity index (χ3v) is 4.28. The van der Waals surface area contributed by atoms with Gasteiger partial charge in [-0.3, -0.25) is 0 Å². The first-order valence-corrected chi connectivity index (χ1v) is 7.31. The quantitative estimate of drug-likeness (QED) is 0.850. The maximum absolute atomic E-state index is 6.00. The second-order valence-electron chi connectivity index (χ2n) is 3.37. The molecule has 0 unspecified atom stereocenters. The van der Waals surface area contributed by atoms with Crippen molar-refractivity contribution in [2.24, 2.45) is 0 Å². The SMILES string of the molecule is Clc1cnc(NCCc2ccc(Br)s2)c(Cl)c1. The van der Waals surface area contributed by atoms with E-state index in [1.165, 1.54) is 4.88 Å². The number of pyridine rings is 1. The van der Waals surface area contributed by atoms with Gasteiger partial charge in [0.15, 0.2) is 0 Å². The van der Waals surface area contributed by atoms with Crippen LogP contribution in [-0.2, 0) is 6.42 Å². The number of halogens is 3. The van der Waals surface area contributed by atoms with Crippen LogP contribution in [0.5, 0.6) is 0 Å². The zero-order chi connectivity index (χ0) is 12.3. The van der Waals surface area contributed by atoms with Crippen molar-refractivity contribution in [3.8, 4) is 0 Å². The minimum atomic E-state index is 0.544. The topological polar surface area (TPSA) is 24.9 Å². The average Bonchev–Trinajstić information content (AvgIpc) is 2.68. The van der Waals surface area contributed by atoms with Crippen LogP contribution in [0.2, 0.25) is 10.0 Å². The molecule has 90 valence electrons. The average molecular weight is 352 g/mol. The first kappa shape index (κ1) is 13.1. The largest absolute Gasteiger partial charge is 0.368 e. The molecular weight excluding hydrogens is 343 g/mol. The van der Waals surface area contributed by atoms with Crippen molar-refractivity contribution in [3.63, 3.8) is 0 Å². The van der Waals surface area contributed by atoms with Crippen LogP contribution in [0.15, 0.2) is 28.2 Å². The Morgan fingerprint density at radius 3 is 2.82 bits per heavy atom. The normalized spacial score (nSPS) is 10.5. The predicted octanol–water partition coefficient (Wildman–Crippen LogP) is 4.87. The molecule has 6 heteroatoms. The Bertz CT molecular complexity index is 516. The molecule has 0 aromatic carbocycles. The summed E-state index contributed by atoms with van der Waals surface area (Å²) in [5, 5.41) is 4.28. The second-order valence-corrected chi connectivity index (χ2v) is 6.76. The van der Waals surface area contributed by atoms with Crippen molar-refractivity contribution in [1.29, 1.82) is 0 Å². The van der Waals surface area contributed by atoms with E-state index in [1.807, 2.05) is 6.07 Å². The smallest absolute Gasteiger partial charge is 0.144 e. The van der Waals surface area contributed by atoms with Crippen LogP contribution in [-0.4, -0.2) is 11.5 Å². The van der Waals surface area contributed by atoms with Crippen molar-refractivity contribution in [2.75, 3.05) is 11.9 Å². The van der Waals surface area contributed by atoms with Crippen LogP contribution in [0.4, 0.5) is 5.82 Å². The fourth-order valence-electron chi connectivity index (χ4n) is 1.33. The fraction of sp³-hybridized carbons (Fsp3) is 0.182. The molecule has 2 heterocycles. The minimum absolute atomic E-state index is 0.544. The summed E-state index contributed by atoms with van der Waals surface area (Å²) in [4.78, 5) is 5.45. The lowest BCUT2D eigenvalue weighted by atomic mass is 10.3. The summed E-state index contributed by atoms with van der Waals surface area (Å²) in [6.07, 6.45) is 2.52. The molecule has 2 rings (SSSR count). The molecule has 2 aromatic rings. The number of nitrogens with zero attached hydrogens (tertiary/aromatic N) is 1. The van der Waals surface area contributed by atoms with Crippen molar-refractivity contribution in [2.45, 2.75) is 6.42 Å². The molecule has 0 atom stereocenters. The molecule has 0 fully saturated rings. The van der Waals surface area contributed by atoms with Gasteiger partial charge in [-0.15, -0.1) is 11.3 Å². The van der Waals surface area contributed by atoms with Crippen LogP contribution in [0, 0.1) is 0 Å². The third-order valence-electron chi connectivity index (χ3n) is 2.10. The number of hydrogen-bond acceptors (Lipinski definition) is 3. The molecule has 0 radical (unpaired) electrons. The molecule has 0 saturated carbocycles. The van der Waals surface area contributed by atoms with E-state index in [2.05, 4.69) is 32.3 Å². The van der Waals surface area contributed by atoms with Gasteiger partial charge in [0.2, 0.25) is 0 Å². The number of anilines is 1. The lowest BCUT2D eigenvalue weighted by molar-refractivity contribution is 1.03. The van der Waals surface area contributed by atoms with Gasteiger partial charge in [-0.05, 0) is 40.5 Å². The van der Waals surface area contributed by atoms with Gasteiger partial charge in [0.1, 0.15) is 5.82 Å². The Labute approximate surface area is 122 Å². The lowest BCUT2D eigenvalue weighted by Crippen LogP contribution is -2.05. The Kier molecular flexibility index (Phi) is 4.68. The summed E-state index contributed by atoms with van der Waals surface area (Å²) in [5.74, 6) is 0.673. The number of thiophene rings is 1. The van der Waals surface area contributed by atoms with Crippen LogP contribution < -0.4 is 5.32 Å². The highest BCUT2D eigenvalue weighted by atomic mass is 79.9. The molecule has 2 aromatic heterocycles. The van der Waals surface area contributed by atoms with Crippen LogP contribution in [0.3, 0.4) is 0 Å². The maximum atomic E-state index is 6.00. The van der Waals surface area contributed by atoms with Gasteiger partial charge in [-0.2, -0.15) is 0 Å². The zero-order valence-electron chi connectivity index (χ0n) is 8.71. The van der Waals surface area contributed by atoms with E-state index < -0.39 is 0 Å². The van der Waals surface area contributed by atoms with Gasteiger partial charge < -0.3 is 5.32 Å². The van der Waals surface area contributed by atoms with Gasteiger partial charge in [0, 0.05) is 17.6 Å². The van der Waals surface area contributed by atoms with Crippen LogP contribution >= 0.6 is 50.5 Å². The van der Waals surface area contributed by atoms with E-state index in [4.69, 9.17) is 23.2 Å². The van der Waals surface area contributed by atoms with Crippen molar-refractivity contribution in [1.82, 2.24) is 4.98 Å². The summed E-state index contributed by atoms with van der Waals surface area (Å²) in [5.41, 5.74) is 0. The van der Waals surface area contributed by atoms with Gasteiger partial charge in [-0.25, -0.2) is 4.98 Å². The number of aromatic nitrogens is 1. The Hall–Kier alpha value is -0.290. The third kappa shape index (κ3) is 3.85. The number of nitrogens with one attached hydrogen (secondary N) is 1. The molecule has 0 spiro atoms. The van der Waals surface area contributed by atoms with E-state index in [9.17, 15) is 0 Å². The van der Waals surface area contributed by atoms with Gasteiger partial charge in [0.25, 0.3) is 0 Å². The molecule has 0 aliphatic heterocycles. The van der Waals surface area contributed by atoms with E-state index in [-0.39, 0.29) is 0 Å². The Morgan fingerprint density at radius 1 is 1.35 bits per heavy atom. The Morgan fingerprint density at radius 2 is 2.18 bits per heavy atom. The Balaban J connectivity index is 1.90. The summed E-state index contributed by atoms with van der Waals surface area (Å²) >= 11 is 16.9. The van der Waals surface area contributed by atoms with Gasteiger partial charge in [-0.1, -0.05) is 23.2 Å². The highest BCUT2D eigenvalue weighted by Gasteiger charge is 2.03. The highest BCUT2D eigenvalue weighted by Crippen LogP contribution is 2.24. The van der Waals surface area contributed by atoms with E-state index in [0.717, 1.165) is 16.8 Å². The molecule has 17 heavy (non-hydrogen) atoms. The summed E-state index contributed by atoms with van der Waals surface area (Å²) in [6, 6.07) is 5.83. The number of hydrogen-bond donors (Lipinski definition) is 1. The maximum Gasteiger partial charge on any atom is 0.144 e. The summed E-state index contributed by atoms with van der Waals surface area (Å²) in [6.45, 7) is 0.793. The minimum Gasteiger partial charge on any atom is -0.368 e.